The van der Waals surface area contributed by atoms with Gasteiger partial charge in [-0.3, -0.25) is 9.44 Å². The summed E-state index contributed by atoms with van der Waals surface area (Å²) >= 11 is 0. The molecule has 0 heterocycles. The van der Waals surface area contributed by atoms with E-state index in [4.69, 9.17) is 16.5 Å². The Morgan fingerprint density at radius 3 is 1.39 bits per heavy atom. The van der Waals surface area contributed by atoms with Crippen LogP contribution < -0.4 is 15.2 Å². The van der Waals surface area contributed by atoms with Crippen LogP contribution in [0.25, 0.3) is 10.4 Å². The zero-order chi connectivity index (χ0) is 30.5. The zero-order valence-electron chi connectivity index (χ0n) is 22.6. The Morgan fingerprint density at radius 2 is 1.05 bits per heavy atom. The molecule has 4 aromatic rings. The molecule has 0 bridgehead atoms. The van der Waals surface area contributed by atoms with Crippen LogP contribution in [0.2, 0.25) is 0 Å². The fourth-order valence-corrected chi connectivity index (χ4v) is 5.18. The van der Waals surface area contributed by atoms with E-state index in [0.29, 0.717) is 22.7 Å². The van der Waals surface area contributed by atoms with Gasteiger partial charge in [-0.25, -0.2) is 16.8 Å². The summed E-state index contributed by atoms with van der Waals surface area (Å²) in [4.78, 5) is 3.09. The molecule has 4 aromatic carbocycles. The number of hydrogen-bond acceptors (Lipinski definition) is 7. The van der Waals surface area contributed by atoms with Crippen LogP contribution >= 0.6 is 0 Å². The summed E-state index contributed by atoms with van der Waals surface area (Å²) in [5.41, 5.74) is 17.7. The molecule has 4 rings (SSSR count). The summed E-state index contributed by atoms with van der Waals surface area (Å²) in [5.74, 6) is 0. The third kappa shape index (κ3) is 10.6. The third-order valence-electron chi connectivity index (χ3n) is 5.11. The van der Waals surface area contributed by atoms with Crippen molar-refractivity contribution in [2.24, 2.45) is 5.11 Å². The molecule has 0 radical (unpaired) electrons. The summed E-state index contributed by atoms with van der Waals surface area (Å²) in [5, 5.41) is 10.7. The summed E-state index contributed by atoms with van der Waals surface area (Å²) < 4.78 is 53.3. The fourth-order valence-electron chi connectivity index (χ4n) is 3.06. The second-order valence-corrected chi connectivity index (χ2v) is 11.8. The molecule has 0 aromatic heterocycles. The van der Waals surface area contributed by atoms with E-state index in [-0.39, 0.29) is 9.79 Å². The van der Waals surface area contributed by atoms with Crippen molar-refractivity contribution in [1.29, 1.82) is 5.26 Å². The number of nitrogens with two attached hydrogens (primary N) is 1. The number of nitrogens with zero attached hydrogens (tertiary/aromatic N) is 4. The van der Waals surface area contributed by atoms with Gasteiger partial charge in [0.25, 0.3) is 20.0 Å². The summed E-state index contributed by atoms with van der Waals surface area (Å²) in [7, 11) is -7.14. The van der Waals surface area contributed by atoms with Crippen molar-refractivity contribution in [3.63, 3.8) is 0 Å². The van der Waals surface area contributed by atoms with E-state index in [0.717, 1.165) is 11.1 Å². The van der Waals surface area contributed by atoms with E-state index in [1.165, 1.54) is 31.2 Å². The molecular weight excluding hydrogens is 562 g/mol. The molecule has 0 saturated carbocycles. The van der Waals surface area contributed by atoms with Crippen LogP contribution in [0, 0.1) is 25.2 Å². The van der Waals surface area contributed by atoms with Gasteiger partial charge in [0.05, 0.1) is 15.9 Å². The van der Waals surface area contributed by atoms with Crippen LogP contribution in [0.1, 0.15) is 18.1 Å². The van der Waals surface area contributed by atoms with Crippen LogP contribution in [-0.4, -0.2) is 16.8 Å². The normalized spacial score (nSPS) is 10.3. The van der Waals surface area contributed by atoms with Gasteiger partial charge in [-0.1, -0.05) is 52.6 Å². The molecule has 0 fully saturated rings. The monoisotopic (exact) mass is 591 g/mol. The third-order valence-corrected chi connectivity index (χ3v) is 7.90. The molecule has 11 nitrogen and oxygen atoms in total. The van der Waals surface area contributed by atoms with Gasteiger partial charge in [0, 0.05) is 34.6 Å². The highest BCUT2D eigenvalue weighted by Gasteiger charge is 2.14. The molecular formula is C28H29N7O4S2. The van der Waals surface area contributed by atoms with Crippen molar-refractivity contribution >= 4 is 42.8 Å². The Balaban J connectivity index is 0.000000263. The van der Waals surface area contributed by atoms with Crippen LogP contribution in [0.3, 0.4) is 0 Å². The molecule has 13 heteroatoms. The number of sulfonamides is 2. The standard InChI is InChI=1S/C13H12N4O2S.C13H14N2O2S.C2H3N/c1-10-2-8-13(9-3-10)20(18,19)16-12-6-4-11(5-7-12)15-17-14;1-10-2-8-13(9-3-10)18(16,17)15-12-6-4-11(14)5-7-12;1-2-3/h2-9,16H,1H3;2-9,15H,14H2,1H3;1H3. The van der Waals surface area contributed by atoms with E-state index >= 15 is 0 Å². The lowest BCUT2D eigenvalue weighted by molar-refractivity contribution is 0.599. The Bertz CT molecular complexity index is 1730. The summed E-state index contributed by atoms with van der Waals surface area (Å²) in [6.07, 6.45) is 0. The maximum atomic E-state index is 12.1. The molecule has 0 unspecified atom stereocenters. The van der Waals surface area contributed by atoms with E-state index in [1.807, 2.05) is 13.8 Å². The average Bonchev–Trinajstić information content (AvgIpc) is 2.92. The molecule has 0 saturated heterocycles. The number of azide groups is 1. The summed E-state index contributed by atoms with van der Waals surface area (Å²) in [6, 6.07) is 27.7. The molecule has 0 aliphatic rings. The number of aryl methyl sites for hydroxylation is 2. The topological polar surface area (TPSA) is 191 Å². The lowest BCUT2D eigenvalue weighted by Crippen LogP contribution is -2.12. The molecule has 0 amide bonds. The van der Waals surface area contributed by atoms with Crippen molar-refractivity contribution in [2.45, 2.75) is 30.6 Å². The summed E-state index contributed by atoms with van der Waals surface area (Å²) in [6.45, 7) is 5.22. The number of hydrogen-bond donors (Lipinski definition) is 3. The first-order valence-electron chi connectivity index (χ1n) is 11.9. The first-order valence-corrected chi connectivity index (χ1v) is 14.9. The van der Waals surface area contributed by atoms with Crippen LogP contribution in [0.4, 0.5) is 22.7 Å². The van der Waals surface area contributed by atoms with Gasteiger partial charge in [0.15, 0.2) is 0 Å². The number of nitriles is 1. The first-order chi connectivity index (χ1) is 19.4. The Hall–Kier alpha value is -5.02. The maximum Gasteiger partial charge on any atom is 0.261 e. The highest BCUT2D eigenvalue weighted by atomic mass is 32.2. The first kappa shape index (κ1) is 32.2. The molecule has 212 valence electrons. The molecule has 0 aliphatic heterocycles. The number of nitrogens with one attached hydrogen (secondary N) is 2. The fraction of sp³-hybridized carbons (Fsp3) is 0.107. The van der Waals surface area contributed by atoms with Crippen molar-refractivity contribution in [3.05, 3.63) is 119 Å². The SMILES string of the molecule is CC#N.Cc1ccc(S(=O)(=O)Nc2ccc(N)cc2)cc1.Cc1ccc(S(=O)(=O)Nc2ccc(N=[N+]=[N-])cc2)cc1. The second-order valence-electron chi connectivity index (χ2n) is 8.42. The van der Waals surface area contributed by atoms with Crippen molar-refractivity contribution in [1.82, 2.24) is 0 Å². The predicted octanol–water partition coefficient (Wildman–Crippen LogP) is 6.65. The quantitative estimate of drug-likeness (QED) is 0.0932. The largest absolute Gasteiger partial charge is 0.399 e. The van der Waals surface area contributed by atoms with Gasteiger partial charge < -0.3 is 5.73 Å². The molecule has 41 heavy (non-hydrogen) atoms. The van der Waals surface area contributed by atoms with Gasteiger partial charge in [-0.15, -0.1) is 0 Å². The van der Waals surface area contributed by atoms with E-state index < -0.39 is 20.0 Å². The van der Waals surface area contributed by atoms with Crippen molar-refractivity contribution in [3.8, 4) is 6.07 Å². The Kier molecular flexibility index (Phi) is 11.7. The van der Waals surface area contributed by atoms with Crippen LogP contribution in [0.15, 0.2) is 112 Å². The highest BCUT2D eigenvalue weighted by Crippen LogP contribution is 2.20. The van der Waals surface area contributed by atoms with Gasteiger partial charge >= 0.3 is 0 Å². The van der Waals surface area contributed by atoms with Gasteiger partial charge in [-0.2, -0.15) is 5.26 Å². The molecule has 0 spiro atoms. The number of anilines is 3. The van der Waals surface area contributed by atoms with Crippen molar-refractivity contribution in [2.75, 3.05) is 15.2 Å². The maximum absolute atomic E-state index is 12.1. The van der Waals surface area contributed by atoms with E-state index in [2.05, 4.69) is 19.5 Å². The minimum Gasteiger partial charge on any atom is -0.399 e. The molecule has 0 atom stereocenters. The molecule has 4 N–H and O–H groups in total. The van der Waals surface area contributed by atoms with E-state index in [9.17, 15) is 16.8 Å². The van der Waals surface area contributed by atoms with Gasteiger partial charge in [-0.05, 0) is 80.0 Å². The Morgan fingerprint density at radius 1 is 0.707 bits per heavy atom. The highest BCUT2D eigenvalue weighted by molar-refractivity contribution is 7.93. The van der Waals surface area contributed by atoms with Crippen LogP contribution in [0.5, 0.6) is 0 Å². The lowest BCUT2D eigenvalue weighted by atomic mass is 10.2. The van der Waals surface area contributed by atoms with Gasteiger partial charge in [0.2, 0.25) is 0 Å². The lowest BCUT2D eigenvalue weighted by Gasteiger charge is -2.08. The van der Waals surface area contributed by atoms with Gasteiger partial charge in [0.1, 0.15) is 0 Å². The Labute approximate surface area is 240 Å². The number of rotatable bonds is 7. The number of benzene rings is 4. The number of nitrogen functional groups attached to an aromatic ring is 1. The van der Waals surface area contributed by atoms with Crippen LogP contribution in [-0.2, 0) is 20.0 Å². The van der Waals surface area contributed by atoms with Crippen molar-refractivity contribution < 1.29 is 16.8 Å². The zero-order valence-corrected chi connectivity index (χ0v) is 24.2. The van der Waals surface area contributed by atoms with E-state index in [1.54, 1.807) is 78.9 Å². The predicted molar refractivity (Wildman–Crippen MR) is 161 cm³/mol. The average molecular weight is 592 g/mol. The molecule has 0 aliphatic carbocycles. The minimum absolute atomic E-state index is 0.197. The smallest absolute Gasteiger partial charge is 0.261 e. The minimum atomic E-state index is -3.61. The second kappa shape index (κ2) is 14.9.